The van der Waals surface area contributed by atoms with Crippen LogP contribution in [0.25, 0.3) is 0 Å². The Morgan fingerprint density at radius 2 is 2.27 bits per heavy atom. The second kappa shape index (κ2) is 2.70. The Balaban J connectivity index is 3.15. The fourth-order valence-electron chi connectivity index (χ4n) is 0.821. The highest BCUT2D eigenvalue weighted by atomic mass is 16.5. The van der Waals surface area contributed by atoms with Gasteiger partial charge in [-0.1, -0.05) is 0 Å². The first-order valence-corrected chi connectivity index (χ1v) is 3.32. The fraction of sp³-hybridized carbons (Fsp3) is 0.250. The number of aryl methyl sites for hydroxylation is 1. The Labute approximate surface area is 64.9 Å². The molecule has 0 aliphatic carbocycles. The lowest BCUT2D eigenvalue weighted by atomic mass is 10.2. The quantitative estimate of drug-likeness (QED) is 0.339. The lowest BCUT2D eigenvalue weighted by molar-refractivity contribution is -0.612. The number of pyridine rings is 1. The van der Waals surface area contributed by atoms with E-state index in [-0.39, 0.29) is 5.78 Å². The Morgan fingerprint density at radius 3 is 2.73 bits per heavy atom. The van der Waals surface area contributed by atoms with E-state index in [9.17, 15) is 10.0 Å². The minimum absolute atomic E-state index is 0.0197. The number of hydrogen-bond acceptors (Lipinski definition) is 2. The molecule has 58 valence electrons. The molecule has 0 aromatic carbocycles. The zero-order chi connectivity index (χ0) is 8.43. The molecule has 3 nitrogen and oxygen atoms in total. The van der Waals surface area contributed by atoms with Crippen molar-refractivity contribution in [2.45, 2.75) is 13.8 Å². The number of rotatable bonds is 1. The molecule has 1 heterocycles. The Bertz CT molecular complexity index is 294. The van der Waals surface area contributed by atoms with Crippen LogP contribution in [0.15, 0.2) is 18.3 Å². The summed E-state index contributed by atoms with van der Waals surface area (Å²) in [5.74, 6) is -0.0197. The molecule has 1 aromatic heterocycles. The maximum absolute atomic E-state index is 10.8. The molecular weight excluding hydrogens is 142 g/mol. The zero-order valence-corrected chi connectivity index (χ0v) is 6.50. The SMILES string of the molecule is CC(=O)c1cc[n+]([O-])c(C)c1. The first-order valence-electron chi connectivity index (χ1n) is 3.32. The number of carbonyl (C=O) groups excluding carboxylic acids is 1. The van der Waals surface area contributed by atoms with Crippen LogP contribution in [0, 0.1) is 12.1 Å². The van der Waals surface area contributed by atoms with Gasteiger partial charge in [0.2, 0.25) is 0 Å². The number of aromatic nitrogens is 1. The summed E-state index contributed by atoms with van der Waals surface area (Å²) in [6.45, 7) is 3.14. The van der Waals surface area contributed by atoms with Crippen molar-refractivity contribution in [1.82, 2.24) is 0 Å². The van der Waals surface area contributed by atoms with Gasteiger partial charge in [-0.25, -0.2) is 0 Å². The highest BCUT2D eigenvalue weighted by Gasteiger charge is 2.03. The van der Waals surface area contributed by atoms with Crippen molar-refractivity contribution in [1.29, 1.82) is 0 Å². The van der Waals surface area contributed by atoms with E-state index in [1.165, 1.54) is 19.2 Å². The summed E-state index contributed by atoms with van der Waals surface area (Å²) >= 11 is 0. The van der Waals surface area contributed by atoms with Gasteiger partial charge in [0.05, 0.1) is 0 Å². The van der Waals surface area contributed by atoms with Crippen LogP contribution in [0.4, 0.5) is 0 Å². The second-order valence-corrected chi connectivity index (χ2v) is 2.44. The maximum atomic E-state index is 10.8. The van der Waals surface area contributed by atoms with Crippen molar-refractivity contribution < 1.29 is 9.52 Å². The topological polar surface area (TPSA) is 44.0 Å². The molecule has 0 amide bonds. The lowest BCUT2D eigenvalue weighted by Gasteiger charge is -2.00. The Hall–Kier alpha value is -1.38. The van der Waals surface area contributed by atoms with E-state index < -0.39 is 0 Å². The lowest BCUT2D eigenvalue weighted by Crippen LogP contribution is -2.29. The van der Waals surface area contributed by atoms with Gasteiger partial charge in [0.25, 0.3) is 0 Å². The minimum Gasteiger partial charge on any atom is -0.619 e. The summed E-state index contributed by atoms with van der Waals surface area (Å²) in [6.07, 6.45) is 1.34. The van der Waals surface area contributed by atoms with E-state index in [0.717, 1.165) is 4.73 Å². The highest BCUT2D eigenvalue weighted by Crippen LogP contribution is 1.99. The molecule has 0 bridgehead atoms. The third-order valence-corrected chi connectivity index (χ3v) is 1.51. The molecule has 0 aliphatic rings. The van der Waals surface area contributed by atoms with Crippen LogP contribution < -0.4 is 4.73 Å². The maximum Gasteiger partial charge on any atom is 0.190 e. The van der Waals surface area contributed by atoms with Gasteiger partial charge in [0.15, 0.2) is 17.7 Å². The molecule has 11 heavy (non-hydrogen) atoms. The first kappa shape index (κ1) is 7.72. The minimum atomic E-state index is -0.0197. The molecule has 0 saturated carbocycles. The van der Waals surface area contributed by atoms with Gasteiger partial charge >= 0.3 is 0 Å². The van der Waals surface area contributed by atoms with Crippen LogP contribution in [-0.4, -0.2) is 5.78 Å². The molecule has 0 N–H and O–H groups in total. The number of Topliss-reactive ketones (excluding diaryl/α,β-unsaturated/α-hetero) is 1. The van der Waals surface area contributed by atoms with Crippen LogP contribution in [-0.2, 0) is 0 Å². The third-order valence-electron chi connectivity index (χ3n) is 1.51. The van der Waals surface area contributed by atoms with E-state index in [0.29, 0.717) is 11.3 Å². The van der Waals surface area contributed by atoms with Gasteiger partial charge in [-0.3, -0.25) is 4.79 Å². The molecule has 0 fully saturated rings. The molecule has 0 unspecified atom stereocenters. The average molecular weight is 151 g/mol. The smallest absolute Gasteiger partial charge is 0.190 e. The highest BCUT2D eigenvalue weighted by molar-refractivity contribution is 5.93. The van der Waals surface area contributed by atoms with Crippen LogP contribution in [0.3, 0.4) is 0 Å². The van der Waals surface area contributed by atoms with E-state index in [4.69, 9.17) is 0 Å². The van der Waals surface area contributed by atoms with Crippen LogP contribution in [0.2, 0.25) is 0 Å². The van der Waals surface area contributed by atoms with E-state index in [1.54, 1.807) is 13.0 Å². The molecule has 3 heteroatoms. The van der Waals surface area contributed by atoms with Gasteiger partial charge in [-0.15, -0.1) is 0 Å². The molecular formula is C8H9NO2. The van der Waals surface area contributed by atoms with Crippen LogP contribution >= 0.6 is 0 Å². The standard InChI is InChI=1S/C8H9NO2/c1-6-5-8(7(2)10)3-4-9(6)11/h3-5H,1-2H3. The second-order valence-electron chi connectivity index (χ2n) is 2.44. The summed E-state index contributed by atoms with van der Waals surface area (Å²) in [6, 6.07) is 3.09. The van der Waals surface area contributed by atoms with Crippen molar-refractivity contribution in [2.24, 2.45) is 0 Å². The first-order chi connectivity index (χ1) is 5.11. The Kier molecular flexibility index (Phi) is 1.89. The van der Waals surface area contributed by atoms with Gasteiger partial charge in [-0.05, 0) is 6.92 Å². The van der Waals surface area contributed by atoms with E-state index >= 15 is 0 Å². The van der Waals surface area contributed by atoms with E-state index in [2.05, 4.69) is 0 Å². The van der Waals surface area contributed by atoms with Gasteiger partial charge in [-0.2, -0.15) is 4.73 Å². The van der Waals surface area contributed by atoms with Crippen LogP contribution in [0.1, 0.15) is 23.0 Å². The predicted octanol–water partition coefficient (Wildman–Crippen LogP) is 0.831. The molecule has 1 aromatic rings. The summed E-state index contributed by atoms with van der Waals surface area (Å²) in [4.78, 5) is 10.8. The summed E-state index contributed by atoms with van der Waals surface area (Å²) in [5, 5.41) is 10.8. The molecule has 1 rings (SSSR count). The molecule has 0 spiro atoms. The largest absolute Gasteiger partial charge is 0.619 e. The normalized spacial score (nSPS) is 9.64. The number of ketones is 1. The van der Waals surface area contributed by atoms with Gasteiger partial charge in [0, 0.05) is 24.6 Å². The van der Waals surface area contributed by atoms with Gasteiger partial charge in [0.1, 0.15) is 0 Å². The fourth-order valence-corrected chi connectivity index (χ4v) is 0.821. The molecule has 0 saturated heterocycles. The van der Waals surface area contributed by atoms with Crippen molar-refractivity contribution >= 4 is 5.78 Å². The van der Waals surface area contributed by atoms with Crippen LogP contribution in [0.5, 0.6) is 0 Å². The monoisotopic (exact) mass is 151 g/mol. The number of carbonyl (C=O) groups is 1. The predicted molar refractivity (Wildman–Crippen MR) is 40.1 cm³/mol. The summed E-state index contributed by atoms with van der Waals surface area (Å²) < 4.78 is 0.729. The van der Waals surface area contributed by atoms with Crippen molar-refractivity contribution in [2.75, 3.05) is 0 Å². The van der Waals surface area contributed by atoms with Gasteiger partial charge < -0.3 is 5.21 Å². The number of nitrogens with zero attached hydrogens (tertiary/aromatic N) is 1. The van der Waals surface area contributed by atoms with Crippen molar-refractivity contribution in [3.8, 4) is 0 Å². The summed E-state index contributed by atoms with van der Waals surface area (Å²) in [5.41, 5.74) is 1.12. The number of hydrogen-bond donors (Lipinski definition) is 0. The third kappa shape index (κ3) is 1.55. The zero-order valence-electron chi connectivity index (χ0n) is 6.50. The molecule has 0 radical (unpaired) electrons. The van der Waals surface area contributed by atoms with E-state index in [1.807, 2.05) is 0 Å². The Morgan fingerprint density at radius 1 is 1.64 bits per heavy atom. The average Bonchev–Trinajstić information content (AvgIpc) is 1.94. The van der Waals surface area contributed by atoms with Crippen molar-refractivity contribution in [3.05, 3.63) is 34.8 Å². The molecule has 0 aliphatic heterocycles. The molecule has 0 atom stereocenters. The summed E-state index contributed by atoms with van der Waals surface area (Å²) in [7, 11) is 0. The van der Waals surface area contributed by atoms with Crippen molar-refractivity contribution in [3.63, 3.8) is 0 Å².